The van der Waals surface area contributed by atoms with Gasteiger partial charge in [0, 0.05) is 6.54 Å². The van der Waals surface area contributed by atoms with Gasteiger partial charge in [-0.25, -0.2) is 4.98 Å². The molecule has 0 saturated carbocycles. The molecule has 2 heterocycles. The highest BCUT2D eigenvalue weighted by atomic mass is 35.5. The highest BCUT2D eigenvalue weighted by Crippen LogP contribution is 2.17. The van der Waals surface area contributed by atoms with Crippen LogP contribution in [0.3, 0.4) is 0 Å². The Morgan fingerprint density at radius 1 is 1.38 bits per heavy atom. The smallest absolute Gasteiger partial charge is 0.295 e. The predicted molar refractivity (Wildman–Crippen MR) is 83.3 cm³/mol. The van der Waals surface area contributed by atoms with E-state index in [4.69, 9.17) is 11.6 Å². The van der Waals surface area contributed by atoms with Crippen LogP contribution in [0.15, 0.2) is 35.3 Å². The van der Waals surface area contributed by atoms with Gasteiger partial charge in [0.25, 0.3) is 5.56 Å². The first-order chi connectivity index (χ1) is 10.2. The molecule has 0 spiro atoms. The lowest BCUT2D eigenvalue weighted by molar-refractivity contribution is 0.767. The lowest BCUT2D eigenvalue weighted by Crippen LogP contribution is -2.23. The summed E-state index contributed by atoms with van der Waals surface area (Å²) in [5.74, 6) is 0.352. The number of fused-ring (bicyclic) bond motifs is 1. The maximum Gasteiger partial charge on any atom is 0.295 e. The Hall–Kier alpha value is -2.34. The van der Waals surface area contributed by atoms with E-state index in [0.717, 1.165) is 24.0 Å². The van der Waals surface area contributed by atoms with Crippen LogP contribution in [0, 0.1) is 0 Å². The average Bonchev–Trinajstić information content (AvgIpc) is 2.92. The number of hydrogen-bond donors (Lipinski definition) is 2. The van der Waals surface area contributed by atoms with Gasteiger partial charge in [0.05, 0.1) is 22.9 Å². The van der Waals surface area contributed by atoms with E-state index < -0.39 is 5.56 Å². The summed E-state index contributed by atoms with van der Waals surface area (Å²) < 4.78 is 1.17. The zero-order valence-corrected chi connectivity index (χ0v) is 12.2. The molecule has 0 fully saturated rings. The van der Waals surface area contributed by atoms with Gasteiger partial charge in [-0.3, -0.25) is 4.79 Å². The monoisotopic (exact) mass is 303 g/mol. The van der Waals surface area contributed by atoms with Gasteiger partial charge in [0.2, 0.25) is 5.95 Å². The maximum absolute atomic E-state index is 12.3. The number of hydrogen-bond acceptors (Lipinski definition) is 4. The molecule has 1 aromatic carbocycles. The number of rotatable bonds is 4. The largest absolute Gasteiger partial charge is 0.382 e. The Morgan fingerprint density at radius 2 is 2.19 bits per heavy atom. The van der Waals surface area contributed by atoms with Crippen LogP contribution in [-0.4, -0.2) is 26.3 Å². The summed E-state index contributed by atoms with van der Waals surface area (Å²) in [4.78, 5) is 19.7. The number of imidazole rings is 1. The fourth-order valence-corrected chi connectivity index (χ4v) is 2.20. The van der Waals surface area contributed by atoms with E-state index in [-0.39, 0.29) is 5.02 Å². The van der Waals surface area contributed by atoms with Gasteiger partial charge < -0.3 is 10.3 Å². The molecule has 7 heteroatoms. The van der Waals surface area contributed by atoms with Gasteiger partial charge in [-0.2, -0.15) is 9.78 Å². The van der Waals surface area contributed by atoms with Crippen molar-refractivity contribution in [2.45, 2.75) is 13.3 Å². The molecule has 2 aromatic heterocycles. The molecule has 2 N–H and O–H groups in total. The molecule has 0 unspecified atom stereocenters. The van der Waals surface area contributed by atoms with Crippen molar-refractivity contribution in [3.8, 4) is 5.95 Å². The Bertz CT molecular complexity index is 806. The third-order valence-electron chi connectivity index (χ3n) is 3.06. The van der Waals surface area contributed by atoms with Crippen molar-refractivity contribution in [1.29, 1.82) is 0 Å². The van der Waals surface area contributed by atoms with Crippen molar-refractivity contribution in [3.05, 3.63) is 45.8 Å². The molecular formula is C14H14ClN5O. The number of benzene rings is 1. The molecule has 3 rings (SSSR count). The number of halogens is 1. The van der Waals surface area contributed by atoms with E-state index in [2.05, 4.69) is 20.4 Å². The summed E-state index contributed by atoms with van der Waals surface area (Å²) in [6, 6.07) is 7.52. The SMILES string of the molecule is CCCNc1cnn(-c2nc3ccccc3[nH]2)c(=O)c1Cl. The molecule has 108 valence electrons. The number of nitrogens with one attached hydrogen (secondary N) is 2. The fraction of sp³-hybridized carbons (Fsp3) is 0.214. The maximum atomic E-state index is 12.3. The predicted octanol–water partition coefficient (Wildman–Crippen LogP) is 2.58. The van der Waals surface area contributed by atoms with Crippen LogP contribution in [0.5, 0.6) is 0 Å². The van der Waals surface area contributed by atoms with Gasteiger partial charge in [-0.05, 0) is 18.6 Å². The van der Waals surface area contributed by atoms with Crippen molar-refractivity contribution < 1.29 is 0 Å². The first-order valence-corrected chi connectivity index (χ1v) is 7.05. The van der Waals surface area contributed by atoms with Crippen LogP contribution in [0.25, 0.3) is 17.0 Å². The van der Waals surface area contributed by atoms with Gasteiger partial charge in [-0.1, -0.05) is 30.7 Å². The van der Waals surface area contributed by atoms with E-state index in [1.54, 1.807) is 0 Å². The van der Waals surface area contributed by atoms with Gasteiger partial charge >= 0.3 is 0 Å². The van der Waals surface area contributed by atoms with Crippen LogP contribution < -0.4 is 10.9 Å². The van der Waals surface area contributed by atoms with Gasteiger partial charge in [0.15, 0.2) is 0 Å². The van der Waals surface area contributed by atoms with Crippen molar-refractivity contribution >= 4 is 28.3 Å². The number of aromatic nitrogens is 4. The molecule has 0 radical (unpaired) electrons. The molecule has 0 atom stereocenters. The molecule has 0 aliphatic heterocycles. The normalized spacial score (nSPS) is 11.0. The van der Waals surface area contributed by atoms with Crippen LogP contribution in [0.4, 0.5) is 5.69 Å². The van der Waals surface area contributed by atoms with Crippen LogP contribution in [0.2, 0.25) is 5.02 Å². The van der Waals surface area contributed by atoms with E-state index in [0.29, 0.717) is 11.6 Å². The van der Waals surface area contributed by atoms with Gasteiger partial charge in [0.1, 0.15) is 5.02 Å². The second-order valence-electron chi connectivity index (χ2n) is 4.59. The molecule has 0 bridgehead atoms. The number of para-hydroxylation sites is 2. The highest BCUT2D eigenvalue weighted by molar-refractivity contribution is 6.32. The summed E-state index contributed by atoms with van der Waals surface area (Å²) in [6.45, 7) is 2.76. The standard InChI is InChI=1S/C14H14ClN5O/c1-2-7-16-11-8-17-20(13(21)12(11)15)14-18-9-5-3-4-6-10(9)19-14/h3-6,8,16H,2,7H2,1H3,(H,18,19). The van der Waals surface area contributed by atoms with E-state index in [9.17, 15) is 4.79 Å². The third-order valence-corrected chi connectivity index (χ3v) is 3.43. The molecule has 6 nitrogen and oxygen atoms in total. The molecule has 0 saturated heterocycles. The Balaban J connectivity index is 2.06. The number of nitrogens with zero attached hydrogens (tertiary/aromatic N) is 3. The lowest BCUT2D eigenvalue weighted by atomic mass is 10.3. The molecule has 0 aliphatic rings. The minimum absolute atomic E-state index is 0.110. The van der Waals surface area contributed by atoms with Gasteiger partial charge in [-0.15, -0.1) is 0 Å². The Morgan fingerprint density at radius 3 is 2.95 bits per heavy atom. The first-order valence-electron chi connectivity index (χ1n) is 6.67. The van der Waals surface area contributed by atoms with E-state index >= 15 is 0 Å². The van der Waals surface area contributed by atoms with Crippen molar-refractivity contribution in [2.75, 3.05) is 11.9 Å². The molecule has 21 heavy (non-hydrogen) atoms. The summed E-state index contributed by atoms with van der Waals surface area (Å²) in [5, 5.41) is 7.30. The summed E-state index contributed by atoms with van der Waals surface area (Å²) in [6.07, 6.45) is 2.47. The zero-order chi connectivity index (χ0) is 14.8. The highest BCUT2D eigenvalue weighted by Gasteiger charge is 2.12. The molecular weight excluding hydrogens is 290 g/mol. The van der Waals surface area contributed by atoms with Crippen molar-refractivity contribution in [1.82, 2.24) is 19.7 Å². The van der Waals surface area contributed by atoms with Crippen molar-refractivity contribution in [3.63, 3.8) is 0 Å². The van der Waals surface area contributed by atoms with E-state index in [1.165, 1.54) is 10.9 Å². The average molecular weight is 304 g/mol. The first kappa shape index (κ1) is 13.6. The Labute approximate surface area is 125 Å². The number of aromatic amines is 1. The third kappa shape index (κ3) is 2.50. The van der Waals surface area contributed by atoms with Crippen LogP contribution in [-0.2, 0) is 0 Å². The summed E-state index contributed by atoms with van der Waals surface area (Å²) in [5.41, 5.74) is 1.74. The lowest BCUT2D eigenvalue weighted by Gasteiger charge is -2.07. The minimum Gasteiger partial charge on any atom is -0.382 e. The quantitative estimate of drug-likeness (QED) is 0.777. The zero-order valence-electron chi connectivity index (χ0n) is 11.4. The second kappa shape index (κ2) is 5.57. The second-order valence-corrected chi connectivity index (χ2v) is 4.97. The fourth-order valence-electron chi connectivity index (χ4n) is 2.01. The van der Waals surface area contributed by atoms with Crippen LogP contribution in [0.1, 0.15) is 13.3 Å². The number of H-pyrrole nitrogens is 1. The molecule has 3 aromatic rings. The topological polar surface area (TPSA) is 75.6 Å². The molecule has 0 aliphatic carbocycles. The van der Waals surface area contributed by atoms with E-state index in [1.807, 2.05) is 31.2 Å². The minimum atomic E-state index is -0.406. The summed E-state index contributed by atoms with van der Waals surface area (Å²) in [7, 11) is 0. The summed E-state index contributed by atoms with van der Waals surface area (Å²) >= 11 is 6.11. The van der Waals surface area contributed by atoms with Crippen LogP contribution >= 0.6 is 11.6 Å². The molecule has 0 amide bonds. The van der Waals surface area contributed by atoms with Crippen molar-refractivity contribution in [2.24, 2.45) is 0 Å². The Kier molecular flexibility index (Phi) is 3.62. The number of anilines is 1.